The van der Waals surface area contributed by atoms with Gasteiger partial charge in [0.1, 0.15) is 12.2 Å². The van der Waals surface area contributed by atoms with E-state index in [9.17, 15) is 19.8 Å². The molecule has 0 saturated heterocycles. The highest BCUT2D eigenvalue weighted by Crippen LogP contribution is 2.71. The Bertz CT molecular complexity index is 882. The second-order valence-corrected chi connectivity index (χ2v) is 11.3. The van der Waals surface area contributed by atoms with Gasteiger partial charge in [-0.15, -0.1) is 0 Å². The summed E-state index contributed by atoms with van der Waals surface area (Å²) in [6, 6.07) is 0. The summed E-state index contributed by atoms with van der Waals surface area (Å²) in [5.41, 5.74) is -4.27. The van der Waals surface area contributed by atoms with Crippen LogP contribution in [0, 0.1) is 28.6 Å². The molecule has 5 nitrogen and oxygen atoms in total. The van der Waals surface area contributed by atoms with Crippen LogP contribution >= 0.6 is 0 Å². The quantitative estimate of drug-likeness (QED) is 0.557. The molecule has 0 unspecified atom stereocenters. The summed E-state index contributed by atoms with van der Waals surface area (Å²) in [5, 5.41) is 21.4. The Morgan fingerprint density at radius 1 is 1.27 bits per heavy atom. The Morgan fingerprint density at radius 3 is 2.67 bits per heavy atom. The molecule has 6 heteroatoms. The zero-order valence-electron chi connectivity index (χ0n) is 20.4. The van der Waals surface area contributed by atoms with Gasteiger partial charge in [0, 0.05) is 23.4 Å². The number of carbonyl (C=O) groups is 2. The fourth-order valence-corrected chi connectivity index (χ4v) is 8.21. The molecule has 33 heavy (non-hydrogen) atoms. The zero-order valence-corrected chi connectivity index (χ0v) is 20.4. The maximum Gasteiger partial charge on any atom is 0.190 e. The highest BCUT2D eigenvalue weighted by Gasteiger charge is 2.76. The van der Waals surface area contributed by atoms with Crippen LogP contribution in [0.15, 0.2) is 23.8 Å². The molecular weight excluding hydrogens is 423 g/mol. The largest absolute Gasteiger partial charge is 0.390 e. The number of hydrogen-bond donors (Lipinski definition) is 2. The van der Waals surface area contributed by atoms with Gasteiger partial charge in [0.05, 0.1) is 6.10 Å². The van der Waals surface area contributed by atoms with Gasteiger partial charge in [0.15, 0.2) is 17.2 Å². The van der Waals surface area contributed by atoms with E-state index in [1.54, 1.807) is 13.0 Å². The lowest BCUT2D eigenvalue weighted by atomic mass is 9.44. The number of ether oxygens (including phenoxy) is 1. The Labute approximate surface area is 196 Å². The van der Waals surface area contributed by atoms with E-state index in [1.807, 2.05) is 13.8 Å². The van der Waals surface area contributed by atoms with Crippen LogP contribution in [0.4, 0.5) is 4.39 Å². The molecule has 0 aliphatic heterocycles. The van der Waals surface area contributed by atoms with Gasteiger partial charge in [-0.05, 0) is 63.0 Å². The molecule has 4 aliphatic rings. The minimum absolute atomic E-state index is 0.0825. The number of aliphatic hydroxyl groups excluding tert-OH is 2. The minimum atomic E-state index is -1.93. The molecular formula is C27H39FO5. The number of fused-ring (bicyclic) bond motifs is 5. The third-order valence-corrected chi connectivity index (χ3v) is 9.82. The molecule has 4 aliphatic carbocycles. The lowest BCUT2D eigenvalue weighted by Gasteiger charge is -2.63. The number of halogens is 1. The van der Waals surface area contributed by atoms with Crippen molar-refractivity contribution >= 4 is 11.6 Å². The van der Waals surface area contributed by atoms with Crippen molar-refractivity contribution in [2.24, 2.45) is 28.6 Å². The van der Waals surface area contributed by atoms with Gasteiger partial charge >= 0.3 is 0 Å². The molecule has 0 heterocycles. The number of Topliss-reactive ketones (excluding diaryl/α,β-unsaturated/α-hetero) is 1. The van der Waals surface area contributed by atoms with E-state index >= 15 is 4.39 Å². The van der Waals surface area contributed by atoms with Gasteiger partial charge in [-0.1, -0.05) is 45.3 Å². The molecule has 0 bridgehead atoms. The van der Waals surface area contributed by atoms with Crippen molar-refractivity contribution in [3.63, 3.8) is 0 Å². The van der Waals surface area contributed by atoms with Crippen LogP contribution in [-0.4, -0.2) is 52.4 Å². The first-order valence-electron chi connectivity index (χ1n) is 12.6. The van der Waals surface area contributed by atoms with E-state index in [-0.39, 0.29) is 29.8 Å². The third-order valence-electron chi connectivity index (χ3n) is 9.82. The Balaban J connectivity index is 1.77. The highest BCUT2D eigenvalue weighted by molar-refractivity contribution is 6.01. The Morgan fingerprint density at radius 2 is 2.00 bits per heavy atom. The molecule has 4 rings (SSSR count). The average molecular weight is 463 g/mol. The summed E-state index contributed by atoms with van der Waals surface area (Å²) in [6.45, 7) is 7.61. The van der Waals surface area contributed by atoms with Crippen molar-refractivity contribution < 1.29 is 28.9 Å². The van der Waals surface area contributed by atoms with Crippen LogP contribution in [-0.2, 0) is 14.3 Å². The first kappa shape index (κ1) is 24.7. The number of aliphatic hydroxyl groups is 2. The summed E-state index contributed by atoms with van der Waals surface area (Å²) >= 11 is 0. The summed E-state index contributed by atoms with van der Waals surface area (Å²) in [7, 11) is 0. The van der Waals surface area contributed by atoms with Crippen molar-refractivity contribution in [1.29, 1.82) is 0 Å². The molecule has 8 atom stereocenters. The van der Waals surface area contributed by atoms with Gasteiger partial charge < -0.3 is 14.9 Å². The molecule has 3 fully saturated rings. The average Bonchev–Trinajstić information content (AvgIpc) is 2.99. The van der Waals surface area contributed by atoms with Crippen molar-refractivity contribution in [3.8, 4) is 0 Å². The lowest BCUT2D eigenvalue weighted by Crippen LogP contribution is -2.69. The van der Waals surface area contributed by atoms with Crippen molar-refractivity contribution in [2.75, 3.05) is 13.2 Å². The maximum absolute atomic E-state index is 17.3. The predicted octanol–water partition coefficient (Wildman–Crippen LogP) is 4.11. The fraction of sp³-hybridized carbons (Fsp3) is 0.778. The van der Waals surface area contributed by atoms with Crippen LogP contribution in [0.25, 0.3) is 0 Å². The smallest absolute Gasteiger partial charge is 0.190 e. The maximum atomic E-state index is 17.3. The molecule has 0 aromatic rings. The predicted molar refractivity (Wildman–Crippen MR) is 123 cm³/mol. The first-order valence-corrected chi connectivity index (χ1v) is 12.6. The van der Waals surface area contributed by atoms with Gasteiger partial charge in [0.2, 0.25) is 0 Å². The molecule has 3 saturated carbocycles. The number of ketones is 2. The molecule has 0 spiro atoms. The van der Waals surface area contributed by atoms with Gasteiger partial charge in [0.25, 0.3) is 0 Å². The van der Waals surface area contributed by atoms with Gasteiger partial charge in [-0.3, -0.25) is 9.59 Å². The second kappa shape index (κ2) is 8.39. The Kier molecular flexibility index (Phi) is 6.29. The standard InChI is InChI=1S/C27H39FO5/c1-5-6-7-12-33-27(23(32)16-29)17(2)13-21-20-9-8-18-14-19(30)10-11-24(18,3)26(20,28)22(31)15-25(21,27)4/h10-11,14,17,20-22,29,31H,5-9,12-13,15-16H2,1-4H3/t17-,20-,21-,22-,24-,25-,26-,27-/m0/s1. The number of allylic oxidation sites excluding steroid dienone is 4. The molecule has 0 aromatic carbocycles. The summed E-state index contributed by atoms with van der Waals surface area (Å²) in [5.74, 6) is -1.34. The van der Waals surface area contributed by atoms with E-state index in [1.165, 1.54) is 12.2 Å². The monoisotopic (exact) mass is 462 g/mol. The third kappa shape index (κ3) is 3.13. The summed E-state index contributed by atoms with van der Waals surface area (Å²) < 4.78 is 23.7. The van der Waals surface area contributed by atoms with Crippen LogP contribution in [0.5, 0.6) is 0 Å². The van der Waals surface area contributed by atoms with Gasteiger partial charge in [-0.25, -0.2) is 4.39 Å². The van der Waals surface area contributed by atoms with Crippen LogP contribution < -0.4 is 0 Å². The highest BCUT2D eigenvalue weighted by atomic mass is 19.1. The lowest BCUT2D eigenvalue weighted by molar-refractivity contribution is -0.229. The molecule has 0 amide bonds. The molecule has 0 radical (unpaired) electrons. The van der Waals surface area contributed by atoms with Crippen LogP contribution in [0.3, 0.4) is 0 Å². The SMILES string of the molecule is CCCCCO[C@]1(C(=O)CO)[C@@H](C)C[C@H]2[C@@H]3CCC4=CC(=O)C=C[C@]4(C)[C@@]3(F)[C@@H](O)C[C@@]21C. The number of unbranched alkanes of at least 4 members (excludes halogenated alkanes) is 2. The second-order valence-electron chi connectivity index (χ2n) is 11.3. The number of rotatable bonds is 7. The summed E-state index contributed by atoms with van der Waals surface area (Å²) in [6.07, 6.45) is 7.90. The topological polar surface area (TPSA) is 83.8 Å². The number of carbonyl (C=O) groups excluding carboxylic acids is 2. The number of alkyl halides is 1. The van der Waals surface area contributed by atoms with Crippen molar-refractivity contribution in [3.05, 3.63) is 23.8 Å². The van der Waals surface area contributed by atoms with E-state index in [4.69, 9.17) is 4.74 Å². The van der Waals surface area contributed by atoms with E-state index in [0.717, 1.165) is 24.8 Å². The van der Waals surface area contributed by atoms with E-state index in [2.05, 4.69) is 6.92 Å². The van der Waals surface area contributed by atoms with E-state index in [0.29, 0.717) is 25.9 Å². The molecule has 2 N–H and O–H groups in total. The van der Waals surface area contributed by atoms with Crippen LogP contribution in [0.1, 0.15) is 72.6 Å². The Hall–Kier alpha value is -1.37. The van der Waals surface area contributed by atoms with Crippen molar-refractivity contribution in [2.45, 2.75) is 90.0 Å². The van der Waals surface area contributed by atoms with Gasteiger partial charge in [-0.2, -0.15) is 0 Å². The fourth-order valence-electron chi connectivity index (χ4n) is 8.21. The molecule has 184 valence electrons. The first-order chi connectivity index (χ1) is 15.5. The number of hydrogen-bond acceptors (Lipinski definition) is 5. The van der Waals surface area contributed by atoms with Crippen molar-refractivity contribution in [1.82, 2.24) is 0 Å². The minimum Gasteiger partial charge on any atom is -0.390 e. The zero-order chi connectivity index (χ0) is 24.2. The normalized spacial score (nSPS) is 46.4. The van der Waals surface area contributed by atoms with E-state index < -0.39 is 40.7 Å². The van der Waals surface area contributed by atoms with Crippen LogP contribution in [0.2, 0.25) is 0 Å². The molecule has 0 aromatic heterocycles. The summed E-state index contributed by atoms with van der Waals surface area (Å²) in [4.78, 5) is 25.3.